The molecule has 2 N–H and O–H groups in total. The molecule has 4 nitrogen and oxygen atoms in total. The van der Waals surface area contributed by atoms with E-state index in [0.29, 0.717) is 5.75 Å². The van der Waals surface area contributed by atoms with Gasteiger partial charge in [0.15, 0.2) is 18.1 Å². The number of hydrogen-bond acceptors (Lipinski definition) is 3. The Labute approximate surface area is 118 Å². The number of fused-ring (bicyclic) bond motifs is 1. The highest BCUT2D eigenvalue weighted by molar-refractivity contribution is 5.86. The molecule has 0 aromatic heterocycles. The van der Waals surface area contributed by atoms with Gasteiger partial charge < -0.3 is 15.2 Å². The van der Waals surface area contributed by atoms with Crippen molar-refractivity contribution >= 4 is 16.7 Å². The lowest BCUT2D eigenvalue weighted by atomic mass is 10.1. The summed E-state index contributed by atoms with van der Waals surface area (Å²) >= 11 is 0. The Hall–Kier alpha value is -2.23. The maximum atomic E-state index is 11.7. The fourth-order valence-electron chi connectivity index (χ4n) is 1.92. The standard InChI is InChI=1S/C16H19NO3/c1-16(2,3)17-15(19)10-20-14-9-12-7-5-4-6-11(12)8-13(14)18/h4-9,18H,10H2,1-3H3,(H,17,19). The number of rotatable bonds is 3. The number of phenols is 1. The minimum absolute atomic E-state index is 0.0345. The van der Waals surface area contributed by atoms with Crippen molar-refractivity contribution in [2.75, 3.05) is 6.61 Å². The summed E-state index contributed by atoms with van der Waals surface area (Å²) < 4.78 is 5.39. The molecule has 2 aromatic carbocycles. The predicted molar refractivity (Wildman–Crippen MR) is 79.0 cm³/mol. The summed E-state index contributed by atoms with van der Waals surface area (Å²) in [5, 5.41) is 14.6. The van der Waals surface area contributed by atoms with Crippen LogP contribution in [0.5, 0.6) is 11.5 Å². The summed E-state index contributed by atoms with van der Waals surface area (Å²) in [5.41, 5.74) is -0.300. The average Bonchev–Trinajstić information content (AvgIpc) is 2.34. The summed E-state index contributed by atoms with van der Waals surface area (Å²) in [6.45, 7) is 5.58. The number of phenolic OH excluding ortho intramolecular Hbond substituents is 1. The van der Waals surface area contributed by atoms with Crippen LogP contribution in [0.25, 0.3) is 10.8 Å². The quantitative estimate of drug-likeness (QED) is 0.904. The molecule has 2 rings (SSSR count). The minimum Gasteiger partial charge on any atom is -0.504 e. The van der Waals surface area contributed by atoms with E-state index in [1.165, 1.54) is 0 Å². The molecule has 0 radical (unpaired) electrons. The Morgan fingerprint density at radius 3 is 2.40 bits per heavy atom. The van der Waals surface area contributed by atoms with Crippen LogP contribution in [0.4, 0.5) is 0 Å². The van der Waals surface area contributed by atoms with Crippen molar-refractivity contribution in [1.82, 2.24) is 5.32 Å². The second kappa shape index (κ2) is 5.41. The number of hydrogen-bond donors (Lipinski definition) is 2. The molecule has 0 atom stereocenters. The van der Waals surface area contributed by atoms with Crippen LogP contribution in [0.1, 0.15) is 20.8 Å². The molecule has 0 fully saturated rings. The first-order valence-corrected chi connectivity index (χ1v) is 6.51. The average molecular weight is 273 g/mol. The second-order valence-electron chi connectivity index (χ2n) is 5.75. The van der Waals surface area contributed by atoms with Crippen molar-refractivity contribution in [3.63, 3.8) is 0 Å². The summed E-state index contributed by atoms with van der Waals surface area (Å²) in [7, 11) is 0. The highest BCUT2D eigenvalue weighted by Gasteiger charge is 2.14. The zero-order valence-electron chi connectivity index (χ0n) is 11.9. The maximum Gasteiger partial charge on any atom is 0.258 e. The summed E-state index contributed by atoms with van der Waals surface area (Å²) in [5.74, 6) is 0.130. The highest BCUT2D eigenvalue weighted by Crippen LogP contribution is 2.31. The first-order valence-electron chi connectivity index (χ1n) is 6.51. The number of amides is 1. The molecule has 0 unspecified atom stereocenters. The van der Waals surface area contributed by atoms with Crippen molar-refractivity contribution in [3.05, 3.63) is 36.4 Å². The van der Waals surface area contributed by atoms with E-state index in [1.54, 1.807) is 12.1 Å². The first-order chi connectivity index (χ1) is 9.35. The Bertz CT molecular complexity index is 629. The van der Waals surface area contributed by atoms with Crippen molar-refractivity contribution < 1.29 is 14.6 Å². The smallest absolute Gasteiger partial charge is 0.258 e. The van der Waals surface area contributed by atoms with Crippen LogP contribution in [0.15, 0.2) is 36.4 Å². The van der Waals surface area contributed by atoms with E-state index in [2.05, 4.69) is 5.32 Å². The second-order valence-corrected chi connectivity index (χ2v) is 5.75. The number of carbonyl (C=O) groups excluding carboxylic acids is 1. The third kappa shape index (κ3) is 3.63. The minimum atomic E-state index is -0.300. The van der Waals surface area contributed by atoms with E-state index in [-0.39, 0.29) is 23.8 Å². The van der Waals surface area contributed by atoms with E-state index in [4.69, 9.17) is 4.74 Å². The highest BCUT2D eigenvalue weighted by atomic mass is 16.5. The van der Waals surface area contributed by atoms with Gasteiger partial charge in [0.25, 0.3) is 5.91 Å². The van der Waals surface area contributed by atoms with Crippen LogP contribution >= 0.6 is 0 Å². The maximum absolute atomic E-state index is 11.7. The normalized spacial score (nSPS) is 11.3. The fourth-order valence-corrected chi connectivity index (χ4v) is 1.92. The van der Waals surface area contributed by atoms with Crippen LogP contribution in [-0.2, 0) is 4.79 Å². The third-order valence-electron chi connectivity index (χ3n) is 2.70. The predicted octanol–water partition coefficient (Wildman–Crippen LogP) is 2.84. The van der Waals surface area contributed by atoms with Crippen molar-refractivity contribution in [3.8, 4) is 11.5 Å². The molecule has 0 aliphatic heterocycles. The Balaban J connectivity index is 2.10. The summed E-state index contributed by atoms with van der Waals surface area (Å²) in [6.07, 6.45) is 0. The molecule has 0 saturated heterocycles. The number of nitrogens with one attached hydrogen (secondary N) is 1. The van der Waals surface area contributed by atoms with Gasteiger partial charge in [-0.05, 0) is 43.7 Å². The van der Waals surface area contributed by atoms with Gasteiger partial charge in [0, 0.05) is 5.54 Å². The number of benzene rings is 2. The summed E-state index contributed by atoms with van der Waals surface area (Å²) in [6, 6.07) is 11.0. The zero-order valence-corrected chi connectivity index (χ0v) is 11.9. The Morgan fingerprint density at radius 2 is 1.80 bits per heavy atom. The first kappa shape index (κ1) is 14.2. The Kier molecular flexibility index (Phi) is 3.84. The molecule has 1 amide bonds. The van der Waals surface area contributed by atoms with Gasteiger partial charge in [-0.25, -0.2) is 0 Å². The van der Waals surface area contributed by atoms with Gasteiger partial charge in [-0.15, -0.1) is 0 Å². The molecule has 2 aromatic rings. The van der Waals surface area contributed by atoms with E-state index in [1.807, 2.05) is 45.0 Å². The molecule has 106 valence electrons. The van der Waals surface area contributed by atoms with E-state index in [9.17, 15) is 9.90 Å². The van der Waals surface area contributed by atoms with Crippen molar-refractivity contribution in [2.24, 2.45) is 0 Å². The lowest BCUT2D eigenvalue weighted by molar-refractivity contribution is -0.124. The summed E-state index contributed by atoms with van der Waals surface area (Å²) in [4.78, 5) is 11.7. The molecule has 4 heteroatoms. The van der Waals surface area contributed by atoms with Crippen LogP contribution in [0, 0.1) is 0 Å². The monoisotopic (exact) mass is 273 g/mol. The van der Waals surface area contributed by atoms with Gasteiger partial charge >= 0.3 is 0 Å². The van der Waals surface area contributed by atoms with Gasteiger partial charge in [-0.1, -0.05) is 24.3 Å². The number of aromatic hydroxyl groups is 1. The Morgan fingerprint density at radius 1 is 1.20 bits per heavy atom. The van der Waals surface area contributed by atoms with Gasteiger partial charge in [0.1, 0.15) is 0 Å². The largest absolute Gasteiger partial charge is 0.504 e. The molecular weight excluding hydrogens is 254 g/mol. The lowest BCUT2D eigenvalue weighted by Gasteiger charge is -2.20. The van der Waals surface area contributed by atoms with E-state index in [0.717, 1.165) is 10.8 Å². The number of carbonyl (C=O) groups is 1. The van der Waals surface area contributed by atoms with Crippen LogP contribution in [0.2, 0.25) is 0 Å². The molecule has 0 aliphatic carbocycles. The molecule has 0 heterocycles. The van der Waals surface area contributed by atoms with E-state index >= 15 is 0 Å². The molecule has 0 saturated carbocycles. The lowest BCUT2D eigenvalue weighted by Crippen LogP contribution is -2.43. The van der Waals surface area contributed by atoms with Crippen molar-refractivity contribution in [2.45, 2.75) is 26.3 Å². The van der Waals surface area contributed by atoms with Crippen molar-refractivity contribution in [1.29, 1.82) is 0 Å². The molecule has 0 bridgehead atoms. The van der Waals surface area contributed by atoms with Crippen LogP contribution < -0.4 is 10.1 Å². The van der Waals surface area contributed by atoms with Gasteiger partial charge in [-0.3, -0.25) is 4.79 Å². The third-order valence-corrected chi connectivity index (χ3v) is 2.70. The molecular formula is C16H19NO3. The SMILES string of the molecule is CC(C)(C)NC(=O)COc1cc2ccccc2cc1O. The van der Waals surface area contributed by atoms with E-state index < -0.39 is 0 Å². The zero-order chi connectivity index (χ0) is 14.8. The van der Waals surface area contributed by atoms with Gasteiger partial charge in [0.05, 0.1) is 0 Å². The molecule has 20 heavy (non-hydrogen) atoms. The molecule has 0 spiro atoms. The van der Waals surface area contributed by atoms with Gasteiger partial charge in [-0.2, -0.15) is 0 Å². The van der Waals surface area contributed by atoms with Gasteiger partial charge in [0.2, 0.25) is 0 Å². The van der Waals surface area contributed by atoms with Crippen LogP contribution in [-0.4, -0.2) is 23.2 Å². The van der Waals surface area contributed by atoms with Crippen LogP contribution in [0.3, 0.4) is 0 Å². The topological polar surface area (TPSA) is 58.6 Å². The fraction of sp³-hybridized carbons (Fsp3) is 0.312. The number of ether oxygens (including phenoxy) is 1. The molecule has 0 aliphatic rings.